The van der Waals surface area contributed by atoms with Gasteiger partial charge in [0.1, 0.15) is 5.75 Å². The summed E-state index contributed by atoms with van der Waals surface area (Å²) in [4.78, 5) is 32.2. The van der Waals surface area contributed by atoms with Crippen LogP contribution in [0.1, 0.15) is 39.0 Å². The molecule has 220 valence electrons. The van der Waals surface area contributed by atoms with Gasteiger partial charge in [0.25, 0.3) is 11.8 Å². The van der Waals surface area contributed by atoms with Crippen LogP contribution in [0.15, 0.2) is 54.9 Å². The summed E-state index contributed by atoms with van der Waals surface area (Å²) in [6, 6.07) is 10.2. The third kappa shape index (κ3) is 8.24. The van der Waals surface area contributed by atoms with Crippen molar-refractivity contribution in [2.75, 3.05) is 50.6 Å². The molecule has 0 aliphatic carbocycles. The van der Waals surface area contributed by atoms with E-state index in [0.717, 1.165) is 30.7 Å². The third-order valence-electron chi connectivity index (χ3n) is 6.71. The average molecular weight is 580 g/mol. The normalized spacial score (nSPS) is 14.8. The molecule has 0 bridgehead atoms. The molecule has 1 saturated heterocycles. The fourth-order valence-electron chi connectivity index (χ4n) is 4.72. The van der Waals surface area contributed by atoms with Gasteiger partial charge in [-0.05, 0) is 75.3 Å². The molecule has 1 aromatic heterocycles. The maximum absolute atomic E-state index is 13.8. The number of benzene rings is 2. The van der Waals surface area contributed by atoms with Gasteiger partial charge in [-0.1, -0.05) is 17.9 Å². The second-order valence-corrected chi connectivity index (χ2v) is 10.5. The molecule has 2 aromatic carbocycles. The van der Waals surface area contributed by atoms with Gasteiger partial charge in [0.15, 0.2) is 6.61 Å². The highest BCUT2D eigenvalue weighted by Crippen LogP contribution is 2.35. The number of nitrogens with two attached hydrogens (primary N) is 1. The quantitative estimate of drug-likeness (QED) is 0.386. The number of anilines is 2. The number of carbonyl (C=O) groups is 2. The van der Waals surface area contributed by atoms with Gasteiger partial charge in [-0.2, -0.15) is 13.2 Å². The summed E-state index contributed by atoms with van der Waals surface area (Å²) in [6.45, 7) is 3.64. The highest BCUT2D eigenvalue weighted by molar-refractivity contribution is 6.05. The lowest BCUT2D eigenvalue weighted by molar-refractivity contribution is -0.137. The molecule has 0 unspecified atom stereocenters. The van der Waals surface area contributed by atoms with Crippen molar-refractivity contribution in [1.29, 1.82) is 0 Å². The average Bonchev–Trinajstić information content (AvgIpc) is 3.39. The predicted octanol–water partition coefficient (Wildman–Crippen LogP) is 4.31. The van der Waals surface area contributed by atoms with Crippen LogP contribution in [-0.4, -0.2) is 62.0 Å². The molecule has 1 fully saturated rings. The molecule has 4 rings (SSSR count). The molecular formula is C31H32F3N5O3. The van der Waals surface area contributed by atoms with E-state index in [4.69, 9.17) is 10.5 Å². The molecule has 2 heterocycles. The fourth-order valence-corrected chi connectivity index (χ4v) is 4.72. The number of hydrogen-bond donors (Lipinski definition) is 2. The molecule has 1 aliphatic heterocycles. The zero-order valence-electron chi connectivity index (χ0n) is 23.6. The number of carbonyl (C=O) groups excluding carboxylic acids is 2. The summed E-state index contributed by atoms with van der Waals surface area (Å²) >= 11 is 0. The lowest BCUT2D eigenvalue weighted by Crippen LogP contribution is -2.26. The molecule has 1 aliphatic rings. The van der Waals surface area contributed by atoms with Crippen molar-refractivity contribution >= 4 is 23.2 Å². The van der Waals surface area contributed by atoms with Crippen molar-refractivity contribution in [1.82, 2.24) is 9.88 Å². The SMILES string of the molecule is Cc1ccc(NC(=O)c2cc(N3CC[C@H](CN(C)C)C3)cc(C(F)(F)F)c2)cc1C#Cc1cncc(OCC(N)=O)c1. The number of amides is 2. The number of pyridine rings is 1. The molecule has 1 atom stereocenters. The molecule has 42 heavy (non-hydrogen) atoms. The Morgan fingerprint density at radius 3 is 2.64 bits per heavy atom. The number of aryl methyl sites for hydroxylation is 1. The van der Waals surface area contributed by atoms with Crippen molar-refractivity contribution in [2.45, 2.75) is 19.5 Å². The first kappa shape index (κ1) is 30.4. The molecule has 2 amide bonds. The molecule has 0 radical (unpaired) electrons. The number of alkyl halides is 3. The minimum Gasteiger partial charge on any atom is -0.482 e. The molecule has 0 saturated carbocycles. The molecule has 3 aromatic rings. The first-order valence-corrected chi connectivity index (χ1v) is 13.3. The minimum absolute atomic E-state index is 0.0806. The maximum Gasteiger partial charge on any atom is 0.416 e. The van der Waals surface area contributed by atoms with Gasteiger partial charge in [-0.15, -0.1) is 0 Å². The Morgan fingerprint density at radius 2 is 1.93 bits per heavy atom. The van der Waals surface area contributed by atoms with E-state index in [9.17, 15) is 22.8 Å². The third-order valence-corrected chi connectivity index (χ3v) is 6.71. The molecule has 8 nitrogen and oxygen atoms in total. The van der Waals surface area contributed by atoms with Crippen molar-refractivity contribution < 1.29 is 27.5 Å². The summed E-state index contributed by atoms with van der Waals surface area (Å²) in [5.41, 5.74) is 6.87. The Balaban J connectivity index is 1.54. The van der Waals surface area contributed by atoms with Crippen LogP contribution in [0.25, 0.3) is 0 Å². The van der Waals surface area contributed by atoms with Gasteiger partial charge in [0.05, 0.1) is 11.8 Å². The van der Waals surface area contributed by atoms with Crippen LogP contribution < -0.4 is 20.7 Å². The van der Waals surface area contributed by atoms with Gasteiger partial charge >= 0.3 is 6.18 Å². The van der Waals surface area contributed by atoms with Crippen molar-refractivity contribution in [3.05, 3.63) is 82.7 Å². The van der Waals surface area contributed by atoms with Crippen LogP contribution in [0.4, 0.5) is 24.5 Å². The molecule has 3 N–H and O–H groups in total. The van der Waals surface area contributed by atoms with Gasteiger partial charge in [-0.3, -0.25) is 14.6 Å². The number of ether oxygens (including phenoxy) is 1. The van der Waals surface area contributed by atoms with E-state index in [1.54, 1.807) is 24.3 Å². The Kier molecular flexibility index (Phi) is 9.38. The Labute approximate surface area is 242 Å². The second kappa shape index (κ2) is 13.0. The van der Waals surface area contributed by atoms with Crippen LogP contribution in [0, 0.1) is 24.7 Å². The van der Waals surface area contributed by atoms with Crippen LogP contribution in [0.5, 0.6) is 5.75 Å². The van der Waals surface area contributed by atoms with Gasteiger partial charge < -0.3 is 25.6 Å². The summed E-state index contributed by atoms with van der Waals surface area (Å²) in [7, 11) is 3.94. The van der Waals surface area contributed by atoms with Gasteiger partial charge in [0.2, 0.25) is 0 Å². The van der Waals surface area contributed by atoms with E-state index in [2.05, 4.69) is 27.0 Å². The molecule has 0 spiro atoms. The lowest BCUT2D eigenvalue weighted by atomic mass is 10.1. The topological polar surface area (TPSA) is 101 Å². The van der Waals surface area contributed by atoms with E-state index in [0.29, 0.717) is 47.3 Å². The zero-order valence-corrected chi connectivity index (χ0v) is 23.6. The number of rotatable bonds is 8. The monoisotopic (exact) mass is 579 g/mol. The number of primary amides is 1. The van der Waals surface area contributed by atoms with Crippen LogP contribution in [0.3, 0.4) is 0 Å². The summed E-state index contributed by atoms with van der Waals surface area (Å²) in [6.07, 6.45) is -0.776. The largest absolute Gasteiger partial charge is 0.482 e. The van der Waals surface area contributed by atoms with Crippen LogP contribution >= 0.6 is 0 Å². The van der Waals surface area contributed by atoms with Crippen molar-refractivity contribution in [2.24, 2.45) is 11.7 Å². The number of nitrogens with zero attached hydrogens (tertiary/aromatic N) is 3. The van der Waals surface area contributed by atoms with Crippen molar-refractivity contribution in [3.8, 4) is 17.6 Å². The van der Waals surface area contributed by atoms with E-state index >= 15 is 0 Å². The predicted molar refractivity (Wildman–Crippen MR) is 154 cm³/mol. The first-order chi connectivity index (χ1) is 19.9. The highest BCUT2D eigenvalue weighted by Gasteiger charge is 2.33. The maximum atomic E-state index is 13.8. The summed E-state index contributed by atoms with van der Waals surface area (Å²) < 4.78 is 46.6. The zero-order chi connectivity index (χ0) is 30.4. The standard InChI is InChI=1S/C31H32F3N5O3/c1-20-4-7-26(12-23(20)6-5-21-10-28(16-36-15-21)42-19-29(35)40)37-30(41)24-11-25(31(32,33)34)14-27(13-24)39-9-8-22(18-39)17-38(2)3/h4,7,10-16,22H,8-9,17-19H2,1-3H3,(H2,35,40)(H,37,41)/t22-/m1/s1. The first-order valence-electron chi connectivity index (χ1n) is 13.3. The summed E-state index contributed by atoms with van der Waals surface area (Å²) in [5, 5.41) is 2.72. The highest BCUT2D eigenvalue weighted by atomic mass is 19.4. The molecule has 11 heteroatoms. The molecular weight excluding hydrogens is 547 g/mol. The Bertz CT molecular complexity index is 1530. The van der Waals surface area contributed by atoms with E-state index in [1.807, 2.05) is 25.9 Å². The smallest absolute Gasteiger partial charge is 0.416 e. The Hall–Kier alpha value is -4.56. The van der Waals surface area contributed by atoms with Crippen LogP contribution in [-0.2, 0) is 11.0 Å². The fraction of sp³-hybridized carbons (Fsp3) is 0.323. The van der Waals surface area contributed by atoms with Gasteiger partial charge in [-0.25, -0.2) is 0 Å². The van der Waals surface area contributed by atoms with E-state index in [1.165, 1.54) is 18.5 Å². The number of halogens is 3. The van der Waals surface area contributed by atoms with E-state index < -0.39 is 23.6 Å². The Morgan fingerprint density at radius 1 is 1.14 bits per heavy atom. The number of nitrogens with one attached hydrogen (secondary N) is 1. The lowest BCUT2D eigenvalue weighted by Gasteiger charge is -2.22. The minimum atomic E-state index is -4.60. The number of hydrogen-bond acceptors (Lipinski definition) is 6. The second-order valence-electron chi connectivity index (χ2n) is 10.5. The van der Waals surface area contributed by atoms with Crippen molar-refractivity contribution in [3.63, 3.8) is 0 Å². The summed E-state index contributed by atoms with van der Waals surface area (Å²) in [5.74, 6) is 5.38. The van der Waals surface area contributed by atoms with Gasteiger partial charge in [0, 0.05) is 53.9 Å². The van der Waals surface area contributed by atoms with Crippen LogP contribution in [0.2, 0.25) is 0 Å². The van der Waals surface area contributed by atoms with E-state index in [-0.39, 0.29) is 12.2 Å². The number of aromatic nitrogens is 1.